The SMILES string of the molecule is CCCN(CC1CCCNC1)C(=O)C(C)c1ccccc1. The fourth-order valence-corrected chi connectivity index (χ4v) is 3.11. The average Bonchev–Trinajstić information content (AvgIpc) is 2.55. The highest BCUT2D eigenvalue weighted by Crippen LogP contribution is 2.20. The third-order valence-corrected chi connectivity index (χ3v) is 4.35. The number of carbonyl (C=O) groups is 1. The van der Waals surface area contributed by atoms with Gasteiger partial charge in [0, 0.05) is 13.1 Å². The second-order valence-electron chi connectivity index (χ2n) is 6.13. The van der Waals surface area contributed by atoms with E-state index in [1.807, 2.05) is 25.1 Å². The molecule has 0 bridgehead atoms. The van der Waals surface area contributed by atoms with E-state index < -0.39 is 0 Å². The molecule has 0 spiro atoms. The summed E-state index contributed by atoms with van der Waals surface area (Å²) in [4.78, 5) is 14.9. The molecule has 1 aliphatic heterocycles. The zero-order chi connectivity index (χ0) is 15.1. The second kappa shape index (κ2) is 8.18. The lowest BCUT2D eigenvalue weighted by Gasteiger charge is -2.31. The highest BCUT2D eigenvalue weighted by Gasteiger charge is 2.24. The Bertz CT molecular complexity index is 426. The van der Waals surface area contributed by atoms with Crippen LogP contribution >= 0.6 is 0 Å². The molecule has 2 unspecified atom stereocenters. The normalized spacial score (nSPS) is 20.0. The molecule has 116 valence electrons. The molecule has 2 atom stereocenters. The zero-order valence-electron chi connectivity index (χ0n) is 13.3. The lowest BCUT2D eigenvalue weighted by molar-refractivity contribution is -0.133. The molecular formula is C18H28N2O. The van der Waals surface area contributed by atoms with Gasteiger partial charge in [-0.2, -0.15) is 0 Å². The molecule has 0 saturated carbocycles. The van der Waals surface area contributed by atoms with E-state index in [0.29, 0.717) is 5.92 Å². The van der Waals surface area contributed by atoms with Crippen LogP contribution < -0.4 is 5.32 Å². The Morgan fingerprint density at radius 3 is 2.76 bits per heavy atom. The Balaban J connectivity index is 2.00. The third kappa shape index (κ3) is 4.57. The summed E-state index contributed by atoms with van der Waals surface area (Å²) < 4.78 is 0. The smallest absolute Gasteiger partial charge is 0.229 e. The first kappa shape index (κ1) is 16.0. The molecule has 1 heterocycles. The molecule has 0 aromatic heterocycles. The maximum Gasteiger partial charge on any atom is 0.229 e. The Morgan fingerprint density at radius 1 is 1.38 bits per heavy atom. The van der Waals surface area contributed by atoms with Gasteiger partial charge < -0.3 is 10.2 Å². The fourth-order valence-electron chi connectivity index (χ4n) is 3.11. The molecule has 1 aliphatic rings. The number of piperidine rings is 1. The number of nitrogens with zero attached hydrogens (tertiary/aromatic N) is 1. The minimum atomic E-state index is -0.0469. The molecule has 1 saturated heterocycles. The summed E-state index contributed by atoms with van der Waals surface area (Å²) in [5, 5.41) is 3.44. The van der Waals surface area contributed by atoms with Gasteiger partial charge in [0.25, 0.3) is 0 Å². The minimum Gasteiger partial charge on any atom is -0.342 e. The maximum absolute atomic E-state index is 12.8. The third-order valence-electron chi connectivity index (χ3n) is 4.35. The first-order valence-corrected chi connectivity index (χ1v) is 8.26. The number of nitrogens with one attached hydrogen (secondary N) is 1. The van der Waals surface area contributed by atoms with Crippen LogP contribution in [0.5, 0.6) is 0 Å². The number of amides is 1. The first-order valence-electron chi connectivity index (χ1n) is 8.26. The molecule has 0 radical (unpaired) electrons. The van der Waals surface area contributed by atoms with Gasteiger partial charge in [0.05, 0.1) is 5.92 Å². The van der Waals surface area contributed by atoms with Gasteiger partial charge in [-0.15, -0.1) is 0 Å². The number of carbonyl (C=O) groups excluding carboxylic acids is 1. The second-order valence-corrected chi connectivity index (χ2v) is 6.13. The van der Waals surface area contributed by atoms with Gasteiger partial charge in [-0.3, -0.25) is 4.79 Å². The summed E-state index contributed by atoms with van der Waals surface area (Å²) in [7, 11) is 0. The van der Waals surface area contributed by atoms with E-state index in [1.165, 1.54) is 12.8 Å². The first-order chi connectivity index (χ1) is 10.2. The maximum atomic E-state index is 12.8. The molecule has 0 aliphatic carbocycles. The molecule has 1 amide bonds. The van der Waals surface area contributed by atoms with Gasteiger partial charge in [-0.25, -0.2) is 0 Å². The Morgan fingerprint density at radius 2 is 2.14 bits per heavy atom. The van der Waals surface area contributed by atoms with Crippen molar-refractivity contribution in [3.63, 3.8) is 0 Å². The molecule has 1 aromatic rings. The van der Waals surface area contributed by atoms with Gasteiger partial charge in [-0.05, 0) is 50.8 Å². The summed E-state index contributed by atoms with van der Waals surface area (Å²) in [6.45, 7) is 8.11. The minimum absolute atomic E-state index is 0.0469. The monoisotopic (exact) mass is 288 g/mol. The number of hydrogen-bond donors (Lipinski definition) is 1. The van der Waals surface area contributed by atoms with Crippen molar-refractivity contribution in [1.29, 1.82) is 0 Å². The van der Waals surface area contributed by atoms with Crippen LogP contribution in [-0.4, -0.2) is 37.0 Å². The van der Waals surface area contributed by atoms with Gasteiger partial charge >= 0.3 is 0 Å². The van der Waals surface area contributed by atoms with Crippen molar-refractivity contribution < 1.29 is 4.79 Å². The van der Waals surface area contributed by atoms with Crippen molar-refractivity contribution in [1.82, 2.24) is 10.2 Å². The standard InChI is InChI=1S/C18H28N2O/c1-3-12-20(14-16-8-7-11-19-13-16)18(21)15(2)17-9-5-4-6-10-17/h4-6,9-10,15-16,19H,3,7-8,11-14H2,1-2H3. The van der Waals surface area contributed by atoms with Crippen molar-refractivity contribution in [2.75, 3.05) is 26.2 Å². The quantitative estimate of drug-likeness (QED) is 0.872. The van der Waals surface area contributed by atoms with Gasteiger partial charge in [0.2, 0.25) is 5.91 Å². The predicted molar refractivity (Wildman–Crippen MR) is 87.3 cm³/mol. The Labute approximate surface area is 128 Å². The molecular weight excluding hydrogens is 260 g/mol. The van der Waals surface area contributed by atoms with Crippen LogP contribution in [0.3, 0.4) is 0 Å². The largest absolute Gasteiger partial charge is 0.342 e. The predicted octanol–water partition coefficient (Wildman–Crippen LogP) is 3.03. The lowest BCUT2D eigenvalue weighted by atomic mass is 9.96. The number of rotatable bonds is 6. The molecule has 2 rings (SSSR count). The van der Waals surface area contributed by atoms with Crippen LogP contribution in [0, 0.1) is 5.92 Å². The lowest BCUT2D eigenvalue weighted by Crippen LogP contribution is -2.42. The summed E-state index contributed by atoms with van der Waals surface area (Å²) in [6, 6.07) is 10.1. The van der Waals surface area contributed by atoms with Crippen molar-refractivity contribution in [2.45, 2.75) is 39.0 Å². The van der Waals surface area contributed by atoms with Crippen molar-refractivity contribution in [2.24, 2.45) is 5.92 Å². The highest BCUT2D eigenvalue weighted by molar-refractivity contribution is 5.83. The topological polar surface area (TPSA) is 32.3 Å². The van der Waals surface area contributed by atoms with Crippen LogP contribution in [-0.2, 0) is 4.79 Å². The van der Waals surface area contributed by atoms with E-state index in [1.54, 1.807) is 0 Å². The zero-order valence-corrected chi connectivity index (χ0v) is 13.3. The molecule has 3 nitrogen and oxygen atoms in total. The van der Waals surface area contributed by atoms with Crippen LogP contribution in [0.2, 0.25) is 0 Å². The van der Waals surface area contributed by atoms with E-state index in [4.69, 9.17) is 0 Å². The molecule has 1 fully saturated rings. The van der Waals surface area contributed by atoms with Gasteiger partial charge in [-0.1, -0.05) is 37.3 Å². The molecule has 1 N–H and O–H groups in total. The van der Waals surface area contributed by atoms with E-state index in [2.05, 4.69) is 29.3 Å². The summed E-state index contributed by atoms with van der Waals surface area (Å²) >= 11 is 0. The molecule has 21 heavy (non-hydrogen) atoms. The van der Waals surface area contributed by atoms with Crippen LogP contribution in [0.15, 0.2) is 30.3 Å². The number of benzene rings is 1. The molecule has 1 aromatic carbocycles. The van der Waals surface area contributed by atoms with E-state index >= 15 is 0 Å². The highest BCUT2D eigenvalue weighted by atomic mass is 16.2. The van der Waals surface area contributed by atoms with Crippen molar-refractivity contribution in [3.05, 3.63) is 35.9 Å². The van der Waals surface area contributed by atoms with Crippen LogP contribution in [0.25, 0.3) is 0 Å². The van der Waals surface area contributed by atoms with Crippen molar-refractivity contribution in [3.8, 4) is 0 Å². The van der Waals surface area contributed by atoms with Crippen LogP contribution in [0.1, 0.15) is 44.6 Å². The average molecular weight is 288 g/mol. The van der Waals surface area contributed by atoms with Gasteiger partial charge in [0.15, 0.2) is 0 Å². The van der Waals surface area contributed by atoms with E-state index in [0.717, 1.165) is 38.2 Å². The fraction of sp³-hybridized carbons (Fsp3) is 0.611. The Kier molecular flexibility index (Phi) is 6.24. The van der Waals surface area contributed by atoms with Crippen molar-refractivity contribution >= 4 is 5.91 Å². The van der Waals surface area contributed by atoms with E-state index in [-0.39, 0.29) is 11.8 Å². The summed E-state index contributed by atoms with van der Waals surface area (Å²) in [6.07, 6.45) is 3.49. The Hall–Kier alpha value is -1.35. The van der Waals surface area contributed by atoms with Gasteiger partial charge in [0.1, 0.15) is 0 Å². The molecule has 3 heteroatoms. The van der Waals surface area contributed by atoms with Crippen LogP contribution in [0.4, 0.5) is 0 Å². The summed E-state index contributed by atoms with van der Waals surface area (Å²) in [5.41, 5.74) is 1.12. The number of hydrogen-bond acceptors (Lipinski definition) is 2. The van der Waals surface area contributed by atoms with E-state index in [9.17, 15) is 4.79 Å². The summed E-state index contributed by atoms with van der Waals surface area (Å²) in [5.74, 6) is 0.833.